The van der Waals surface area contributed by atoms with E-state index in [0.717, 1.165) is 42.0 Å². The Kier molecular flexibility index (Phi) is 3.76. The van der Waals surface area contributed by atoms with Gasteiger partial charge in [0.05, 0.1) is 22.8 Å². The molecule has 0 N–H and O–H groups in total. The van der Waals surface area contributed by atoms with Crippen LogP contribution in [0.5, 0.6) is 0 Å². The number of aromatic nitrogens is 2. The van der Waals surface area contributed by atoms with Crippen LogP contribution in [0.25, 0.3) is 21.3 Å². The van der Waals surface area contributed by atoms with Gasteiger partial charge in [0.2, 0.25) is 5.89 Å². The number of likely N-dealkylation sites (tertiary alicyclic amines) is 1. The van der Waals surface area contributed by atoms with E-state index in [9.17, 15) is 0 Å². The van der Waals surface area contributed by atoms with Gasteiger partial charge in [0.1, 0.15) is 10.5 Å². The number of fused-ring (bicyclic) bond motifs is 2. The number of hydrogen-bond acceptors (Lipinski definition) is 5. The normalized spacial score (nSPS) is 19.0. The maximum Gasteiger partial charge on any atom is 0.209 e. The molecular formula is C20H19N3OS. The third kappa shape index (κ3) is 2.83. The van der Waals surface area contributed by atoms with E-state index in [0.29, 0.717) is 6.04 Å². The van der Waals surface area contributed by atoms with E-state index in [1.807, 2.05) is 35.6 Å². The summed E-state index contributed by atoms with van der Waals surface area (Å²) in [5, 5.41) is 1.22. The molecule has 2 aromatic heterocycles. The highest BCUT2D eigenvalue weighted by Gasteiger charge is 2.28. The smallest absolute Gasteiger partial charge is 0.209 e. The zero-order valence-corrected chi connectivity index (χ0v) is 14.7. The summed E-state index contributed by atoms with van der Waals surface area (Å²) in [6.07, 6.45) is 3.63. The lowest BCUT2D eigenvalue weighted by molar-refractivity contribution is 0.128. The van der Waals surface area contributed by atoms with E-state index in [-0.39, 0.29) is 0 Å². The van der Waals surface area contributed by atoms with Crippen molar-refractivity contribution >= 4 is 32.7 Å². The van der Waals surface area contributed by atoms with Crippen molar-refractivity contribution in [3.8, 4) is 0 Å². The third-order valence-electron chi connectivity index (χ3n) is 4.89. The summed E-state index contributed by atoms with van der Waals surface area (Å²) >= 11 is 1.82. The summed E-state index contributed by atoms with van der Waals surface area (Å²) in [5.41, 5.74) is 2.91. The van der Waals surface area contributed by atoms with E-state index in [1.165, 1.54) is 22.5 Å². The molecule has 25 heavy (non-hydrogen) atoms. The number of benzene rings is 2. The Morgan fingerprint density at radius 2 is 1.84 bits per heavy atom. The van der Waals surface area contributed by atoms with Crippen LogP contribution >= 0.6 is 11.3 Å². The summed E-state index contributed by atoms with van der Waals surface area (Å²) in [4.78, 5) is 12.0. The van der Waals surface area contributed by atoms with E-state index >= 15 is 0 Å². The lowest BCUT2D eigenvalue weighted by atomic mass is 10.0. The van der Waals surface area contributed by atoms with Gasteiger partial charge in [0.25, 0.3) is 0 Å². The molecule has 0 unspecified atom stereocenters. The predicted octanol–water partition coefficient (Wildman–Crippen LogP) is 5.16. The third-order valence-corrected chi connectivity index (χ3v) is 6.02. The summed E-state index contributed by atoms with van der Waals surface area (Å²) in [7, 11) is 0. The second kappa shape index (κ2) is 6.24. The largest absolute Gasteiger partial charge is 0.439 e. The second-order valence-electron chi connectivity index (χ2n) is 6.58. The molecule has 3 heterocycles. The van der Waals surface area contributed by atoms with Crippen LogP contribution in [0.4, 0.5) is 0 Å². The molecule has 5 rings (SSSR count). The van der Waals surface area contributed by atoms with E-state index in [1.54, 1.807) is 0 Å². The van der Waals surface area contributed by atoms with Crippen molar-refractivity contribution in [3.63, 3.8) is 0 Å². The Labute approximate surface area is 150 Å². The molecule has 1 fully saturated rings. The standard InChI is InChI=1S/C20H19N3OS/c1-3-10-17-14(7-1)21-19(24-17)13-23-12-6-5-9-16(23)20-22-15-8-2-4-11-18(15)25-20/h1-4,7-8,10-11,16H,5-6,9,12-13H2/t16-/m1/s1. The van der Waals surface area contributed by atoms with Gasteiger partial charge in [-0.2, -0.15) is 0 Å². The molecule has 5 heteroatoms. The first-order valence-electron chi connectivity index (χ1n) is 8.81. The molecule has 0 spiro atoms. The molecule has 1 saturated heterocycles. The Balaban J connectivity index is 1.45. The van der Waals surface area contributed by atoms with Crippen molar-refractivity contribution in [2.45, 2.75) is 31.8 Å². The van der Waals surface area contributed by atoms with Crippen LogP contribution < -0.4 is 0 Å². The molecule has 4 nitrogen and oxygen atoms in total. The van der Waals surface area contributed by atoms with Crippen molar-refractivity contribution in [1.29, 1.82) is 0 Å². The van der Waals surface area contributed by atoms with E-state index in [4.69, 9.17) is 9.40 Å². The minimum atomic E-state index is 0.362. The number of oxazole rings is 1. The van der Waals surface area contributed by atoms with Gasteiger partial charge < -0.3 is 4.42 Å². The Morgan fingerprint density at radius 1 is 1.00 bits per heavy atom. The Morgan fingerprint density at radius 3 is 2.72 bits per heavy atom. The average Bonchev–Trinajstić information content (AvgIpc) is 3.25. The molecule has 0 saturated carbocycles. The van der Waals surface area contributed by atoms with Gasteiger partial charge in [-0.25, -0.2) is 9.97 Å². The summed E-state index contributed by atoms with van der Waals surface area (Å²) < 4.78 is 7.21. The SMILES string of the molecule is c1ccc2oc(CN3CCCC[C@@H]3c3nc4ccccc4s3)nc2c1. The molecule has 0 aliphatic carbocycles. The zero-order chi connectivity index (χ0) is 16.6. The van der Waals surface area contributed by atoms with Crippen molar-refractivity contribution in [2.75, 3.05) is 6.54 Å². The highest BCUT2D eigenvalue weighted by molar-refractivity contribution is 7.18. The van der Waals surface area contributed by atoms with Crippen LogP contribution in [-0.4, -0.2) is 21.4 Å². The van der Waals surface area contributed by atoms with Crippen LogP contribution in [0.15, 0.2) is 52.9 Å². The predicted molar refractivity (Wildman–Crippen MR) is 101 cm³/mol. The Bertz CT molecular complexity index is 956. The summed E-state index contributed by atoms with van der Waals surface area (Å²) in [6.45, 7) is 1.81. The number of para-hydroxylation sites is 3. The lowest BCUT2D eigenvalue weighted by Gasteiger charge is -2.33. The van der Waals surface area contributed by atoms with Gasteiger partial charge in [-0.1, -0.05) is 30.7 Å². The molecule has 4 aromatic rings. The quantitative estimate of drug-likeness (QED) is 0.512. The highest BCUT2D eigenvalue weighted by Crippen LogP contribution is 2.36. The zero-order valence-electron chi connectivity index (χ0n) is 13.9. The number of rotatable bonds is 3. The van der Waals surface area contributed by atoms with E-state index < -0.39 is 0 Å². The first-order chi connectivity index (χ1) is 12.4. The molecule has 2 aromatic carbocycles. The number of hydrogen-bond donors (Lipinski definition) is 0. The molecular weight excluding hydrogens is 330 g/mol. The van der Waals surface area contributed by atoms with Crippen molar-refractivity contribution < 1.29 is 4.42 Å². The fraction of sp³-hybridized carbons (Fsp3) is 0.300. The van der Waals surface area contributed by atoms with Gasteiger partial charge in [-0.15, -0.1) is 11.3 Å². The second-order valence-corrected chi connectivity index (χ2v) is 7.64. The average molecular weight is 349 g/mol. The maximum absolute atomic E-state index is 5.94. The van der Waals surface area contributed by atoms with Crippen LogP contribution in [0.1, 0.15) is 36.2 Å². The monoisotopic (exact) mass is 349 g/mol. The van der Waals surface area contributed by atoms with Gasteiger partial charge in [-0.05, 0) is 43.7 Å². The van der Waals surface area contributed by atoms with Gasteiger partial charge in [0.15, 0.2) is 5.58 Å². The Hall–Kier alpha value is -2.24. The fourth-order valence-electron chi connectivity index (χ4n) is 3.65. The molecule has 1 aliphatic heterocycles. The van der Waals surface area contributed by atoms with Gasteiger partial charge in [-0.3, -0.25) is 4.90 Å². The minimum absolute atomic E-state index is 0.362. The molecule has 0 radical (unpaired) electrons. The van der Waals surface area contributed by atoms with Crippen molar-refractivity contribution in [3.05, 3.63) is 59.4 Å². The molecule has 126 valence electrons. The summed E-state index contributed by atoms with van der Waals surface area (Å²) in [6, 6.07) is 16.7. The molecule has 1 aliphatic rings. The maximum atomic E-state index is 5.94. The lowest BCUT2D eigenvalue weighted by Crippen LogP contribution is -2.32. The number of thiazole rings is 1. The molecule has 0 amide bonds. The minimum Gasteiger partial charge on any atom is -0.439 e. The highest BCUT2D eigenvalue weighted by atomic mass is 32.1. The van der Waals surface area contributed by atoms with Crippen molar-refractivity contribution in [2.24, 2.45) is 0 Å². The van der Waals surface area contributed by atoms with Crippen LogP contribution in [0, 0.1) is 0 Å². The van der Waals surface area contributed by atoms with Gasteiger partial charge >= 0.3 is 0 Å². The van der Waals surface area contributed by atoms with Gasteiger partial charge in [0, 0.05) is 0 Å². The first kappa shape index (κ1) is 15.0. The van der Waals surface area contributed by atoms with Crippen LogP contribution in [-0.2, 0) is 6.54 Å². The summed E-state index contributed by atoms with van der Waals surface area (Å²) in [5.74, 6) is 0.800. The fourth-order valence-corrected chi connectivity index (χ4v) is 4.79. The van der Waals surface area contributed by atoms with Crippen molar-refractivity contribution in [1.82, 2.24) is 14.9 Å². The van der Waals surface area contributed by atoms with Crippen LogP contribution in [0.2, 0.25) is 0 Å². The number of nitrogens with zero attached hydrogens (tertiary/aromatic N) is 3. The van der Waals surface area contributed by atoms with Crippen LogP contribution in [0.3, 0.4) is 0 Å². The number of piperidine rings is 1. The topological polar surface area (TPSA) is 42.2 Å². The molecule has 1 atom stereocenters. The molecule has 0 bridgehead atoms. The van der Waals surface area contributed by atoms with E-state index in [2.05, 4.69) is 34.1 Å². The first-order valence-corrected chi connectivity index (χ1v) is 9.62.